The van der Waals surface area contributed by atoms with Crippen LogP contribution in [0.3, 0.4) is 0 Å². The van der Waals surface area contributed by atoms with Gasteiger partial charge in [0, 0.05) is 0 Å². The number of carbonyl (C=O) groups is 1. The molecule has 0 aliphatic carbocycles. The summed E-state index contributed by atoms with van der Waals surface area (Å²) in [4.78, 5) is 11.0. The molecule has 0 aliphatic heterocycles. The van der Waals surface area contributed by atoms with E-state index in [4.69, 9.17) is 9.84 Å². The van der Waals surface area contributed by atoms with Gasteiger partial charge in [-0.25, -0.2) is 9.42 Å². The number of thiophene rings is 1. The lowest BCUT2D eigenvalue weighted by Gasteiger charge is -2.02. The molecule has 0 aromatic carbocycles. The van der Waals surface area contributed by atoms with Crippen molar-refractivity contribution in [2.45, 2.75) is 13.5 Å². The first-order valence-electron chi connectivity index (χ1n) is 4.40. The topological polar surface area (TPSA) is 85.5 Å². The second-order valence-electron chi connectivity index (χ2n) is 3.00. The van der Waals surface area contributed by atoms with Crippen molar-refractivity contribution in [3.63, 3.8) is 0 Å². The lowest BCUT2D eigenvalue weighted by atomic mass is 10.3. The number of carboxylic acid groups (broad SMARTS) is 1. The summed E-state index contributed by atoms with van der Waals surface area (Å²) in [5, 5.41) is 17.7. The Morgan fingerprint density at radius 3 is 3.06 bits per heavy atom. The number of aromatic nitrogens is 2. The fraction of sp³-hybridized carbons (Fsp3) is 0.222. The summed E-state index contributed by atoms with van der Waals surface area (Å²) in [5.74, 6) is -0.667. The standard InChI is InChI=1S/C9H8N2O4S/c1-5-6(11-15-10-5)4-14-7-2-3-16-8(7)9(12)13/h2-3H,4H2,1H3,(H,12,13). The number of aromatic carboxylic acids is 1. The molecular formula is C9H8N2O4S. The Morgan fingerprint density at radius 1 is 1.62 bits per heavy atom. The molecule has 84 valence electrons. The zero-order valence-electron chi connectivity index (χ0n) is 8.34. The minimum atomic E-state index is -1.00. The van der Waals surface area contributed by atoms with E-state index < -0.39 is 5.97 Å². The first-order chi connectivity index (χ1) is 7.68. The van der Waals surface area contributed by atoms with Crippen molar-refractivity contribution in [3.8, 4) is 5.75 Å². The summed E-state index contributed by atoms with van der Waals surface area (Å²) in [6, 6.07) is 1.61. The third-order valence-electron chi connectivity index (χ3n) is 1.93. The quantitative estimate of drug-likeness (QED) is 0.875. The first kappa shape index (κ1) is 10.6. The van der Waals surface area contributed by atoms with Gasteiger partial charge in [0.15, 0.2) is 4.88 Å². The highest BCUT2D eigenvalue weighted by atomic mass is 32.1. The lowest BCUT2D eigenvalue weighted by Crippen LogP contribution is -2.01. The highest BCUT2D eigenvalue weighted by molar-refractivity contribution is 7.12. The Hall–Kier alpha value is -1.89. The van der Waals surface area contributed by atoms with Crippen LogP contribution in [0.25, 0.3) is 0 Å². The van der Waals surface area contributed by atoms with Gasteiger partial charge in [0.1, 0.15) is 23.7 Å². The summed E-state index contributed by atoms with van der Waals surface area (Å²) in [7, 11) is 0. The Balaban J connectivity index is 2.08. The van der Waals surface area contributed by atoms with Crippen LogP contribution in [0.5, 0.6) is 5.75 Å². The van der Waals surface area contributed by atoms with Gasteiger partial charge < -0.3 is 9.84 Å². The molecule has 0 bridgehead atoms. The molecule has 0 saturated heterocycles. The molecule has 2 aromatic heterocycles. The van der Waals surface area contributed by atoms with E-state index >= 15 is 0 Å². The molecule has 16 heavy (non-hydrogen) atoms. The second kappa shape index (κ2) is 4.31. The molecule has 7 heteroatoms. The van der Waals surface area contributed by atoms with E-state index in [1.165, 1.54) is 0 Å². The molecule has 1 N–H and O–H groups in total. The van der Waals surface area contributed by atoms with E-state index in [2.05, 4.69) is 14.9 Å². The smallest absolute Gasteiger partial charge is 0.349 e. The van der Waals surface area contributed by atoms with Crippen molar-refractivity contribution in [1.29, 1.82) is 0 Å². The van der Waals surface area contributed by atoms with Crippen molar-refractivity contribution in [1.82, 2.24) is 10.3 Å². The van der Waals surface area contributed by atoms with Crippen LogP contribution in [0.2, 0.25) is 0 Å². The molecule has 0 radical (unpaired) electrons. The van der Waals surface area contributed by atoms with Crippen LogP contribution < -0.4 is 4.74 Å². The Bertz CT molecular complexity index is 505. The van der Waals surface area contributed by atoms with Gasteiger partial charge in [-0.3, -0.25) is 0 Å². The van der Waals surface area contributed by atoms with E-state index in [0.717, 1.165) is 11.3 Å². The second-order valence-corrected chi connectivity index (χ2v) is 3.92. The maximum atomic E-state index is 10.8. The Labute approximate surface area is 94.4 Å². The third kappa shape index (κ3) is 2.03. The van der Waals surface area contributed by atoms with Crippen LogP contribution in [0, 0.1) is 6.92 Å². The number of rotatable bonds is 4. The Kier molecular flexibility index (Phi) is 2.86. The molecule has 0 unspecified atom stereocenters. The number of nitrogens with zero attached hydrogens (tertiary/aromatic N) is 2. The molecular weight excluding hydrogens is 232 g/mol. The molecule has 0 spiro atoms. The van der Waals surface area contributed by atoms with Gasteiger partial charge in [-0.2, -0.15) is 0 Å². The van der Waals surface area contributed by atoms with Crippen LogP contribution in [0.15, 0.2) is 16.1 Å². The van der Waals surface area contributed by atoms with Crippen molar-refractivity contribution >= 4 is 17.3 Å². The van der Waals surface area contributed by atoms with Gasteiger partial charge in [0.2, 0.25) is 0 Å². The van der Waals surface area contributed by atoms with Gasteiger partial charge in [-0.15, -0.1) is 11.3 Å². The fourth-order valence-electron chi connectivity index (χ4n) is 1.09. The minimum absolute atomic E-state index is 0.145. The van der Waals surface area contributed by atoms with E-state index in [-0.39, 0.29) is 11.5 Å². The molecule has 2 aromatic rings. The van der Waals surface area contributed by atoms with Crippen LogP contribution in [-0.4, -0.2) is 21.4 Å². The molecule has 0 saturated carbocycles. The number of hydrogen-bond acceptors (Lipinski definition) is 6. The maximum Gasteiger partial charge on any atom is 0.349 e. The predicted octanol–water partition coefficient (Wildman–Crippen LogP) is 1.72. The van der Waals surface area contributed by atoms with Crippen LogP contribution in [-0.2, 0) is 6.61 Å². The highest BCUT2D eigenvalue weighted by Crippen LogP contribution is 2.25. The normalized spacial score (nSPS) is 10.3. The summed E-state index contributed by atoms with van der Waals surface area (Å²) >= 11 is 1.12. The summed E-state index contributed by atoms with van der Waals surface area (Å²) in [5.41, 5.74) is 1.19. The zero-order valence-corrected chi connectivity index (χ0v) is 9.15. The van der Waals surface area contributed by atoms with Gasteiger partial charge in [0.05, 0.1) is 0 Å². The minimum Gasteiger partial charge on any atom is -0.485 e. The highest BCUT2D eigenvalue weighted by Gasteiger charge is 2.14. The van der Waals surface area contributed by atoms with Gasteiger partial charge in [-0.05, 0) is 18.4 Å². The van der Waals surface area contributed by atoms with E-state index in [9.17, 15) is 4.79 Å². The summed E-state index contributed by atoms with van der Waals surface area (Å²) < 4.78 is 9.83. The molecule has 0 fully saturated rings. The SMILES string of the molecule is Cc1nonc1COc1ccsc1C(=O)O. The van der Waals surface area contributed by atoms with E-state index in [1.807, 2.05) is 0 Å². The average Bonchev–Trinajstić information content (AvgIpc) is 2.83. The number of ether oxygens (including phenoxy) is 1. The van der Waals surface area contributed by atoms with Crippen molar-refractivity contribution in [3.05, 3.63) is 27.7 Å². The summed E-state index contributed by atoms with van der Waals surface area (Å²) in [6.07, 6.45) is 0. The van der Waals surface area contributed by atoms with Gasteiger partial charge in [-0.1, -0.05) is 10.3 Å². The number of aryl methyl sites for hydroxylation is 1. The summed E-state index contributed by atoms with van der Waals surface area (Å²) in [6.45, 7) is 1.88. The number of carboxylic acids is 1. The van der Waals surface area contributed by atoms with Crippen molar-refractivity contribution in [2.24, 2.45) is 0 Å². The van der Waals surface area contributed by atoms with Crippen LogP contribution in [0.1, 0.15) is 21.1 Å². The predicted molar refractivity (Wildman–Crippen MR) is 54.6 cm³/mol. The van der Waals surface area contributed by atoms with Crippen molar-refractivity contribution < 1.29 is 19.3 Å². The lowest BCUT2D eigenvalue weighted by molar-refractivity contribution is 0.0697. The third-order valence-corrected chi connectivity index (χ3v) is 2.82. The van der Waals surface area contributed by atoms with Crippen LogP contribution >= 0.6 is 11.3 Å². The molecule has 6 nitrogen and oxygen atoms in total. The molecule has 2 heterocycles. The molecule has 0 atom stereocenters. The van der Waals surface area contributed by atoms with Crippen molar-refractivity contribution in [2.75, 3.05) is 0 Å². The zero-order chi connectivity index (χ0) is 11.5. The molecule has 2 rings (SSSR count). The largest absolute Gasteiger partial charge is 0.485 e. The average molecular weight is 240 g/mol. The van der Waals surface area contributed by atoms with Gasteiger partial charge >= 0.3 is 5.97 Å². The number of hydrogen-bond donors (Lipinski definition) is 1. The maximum absolute atomic E-state index is 10.8. The van der Waals surface area contributed by atoms with E-state index in [0.29, 0.717) is 17.1 Å². The van der Waals surface area contributed by atoms with Crippen LogP contribution in [0.4, 0.5) is 0 Å². The fourth-order valence-corrected chi connectivity index (χ4v) is 1.77. The molecule has 0 aliphatic rings. The monoisotopic (exact) mass is 240 g/mol. The van der Waals surface area contributed by atoms with Gasteiger partial charge in [0.25, 0.3) is 0 Å². The first-order valence-corrected chi connectivity index (χ1v) is 5.28. The molecule has 0 amide bonds. The van der Waals surface area contributed by atoms with E-state index in [1.54, 1.807) is 18.4 Å². The Morgan fingerprint density at radius 2 is 2.44 bits per heavy atom.